The Balaban J connectivity index is 2.31. The molecule has 0 atom stereocenters. The number of thiazole rings is 1. The quantitative estimate of drug-likeness (QED) is 0.763. The van der Waals surface area contributed by atoms with E-state index in [2.05, 4.69) is 4.98 Å². The van der Waals surface area contributed by atoms with Gasteiger partial charge in [-0.3, -0.25) is 0 Å². The minimum Gasteiger partial charge on any atom is -0.241 e. The van der Waals surface area contributed by atoms with E-state index >= 15 is 0 Å². The van der Waals surface area contributed by atoms with Crippen LogP contribution in [0, 0.1) is 11.6 Å². The summed E-state index contributed by atoms with van der Waals surface area (Å²) in [6.07, 6.45) is 0.690. The van der Waals surface area contributed by atoms with Gasteiger partial charge in [-0.05, 0) is 18.2 Å². The summed E-state index contributed by atoms with van der Waals surface area (Å²) >= 11 is 7.06. The van der Waals surface area contributed by atoms with Gasteiger partial charge < -0.3 is 0 Å². The van der Waals surface area contributed by atoms with Gasteiger partial charge in [-0.1, -0.05) is 0 Å². The third kappa shape index (κ3) is 2.39. The Bertz CT molecular complexity index is 498. The molecule has 0 fully saturated rings. The lowest BCUT2D eigenvalue weighted by molar-refractivity contribution is 0.509. The SMILES string of the molecule is Fc1ccc(-c2csc(CCCl)n2)cc1F. The van der Waals surface area contributed by atoms with Crippen molar-refractivity contribution in [3.63, 3.8) is 0 Å². The zero-order chi connectivity index (χ0) is 11.5. The number of alkyl halides is 1. The summed E-state index contributed by atoms with van der Waals surface area (Å²) in [5.41, 5.74) is 1.24. The molecule has 0 aliphatic heterocycles. The van der Waals surface area contributed by atoms with Crippen LogP contribution in [0.4, 0.5) is 8.78 Å². The molecular weight excluding hydrogens is 252 g/mol. The fraction of sp³-hybridized carbons (Fsp3) is 0.182. The Hall–Kier alpha value is -1.00. The lowest BCUT2D eigenvalue weighted by Gasteiger charge is -1.97. The van der Waals surface area contributed by atoms with Gasteiger partial charge in [-0.2, -0.15) is 0 Å². The molecule has 0 spiro atoms. The van der Waals surface area contributed by atoms with E-state index in [0.29, 0.717) is 23.6 Å². The fourth-order valence-corrected chi connectivity index (χ4v) is 2.39. The van der Waals surface area contributed by atoms with E-state index in [9.17, 15) is 8.78 Å². The first-order chi connectivity index (χ1) is 7.70. The highest BCUT2D eigenvalue weighted by molar-refractivity contribution is 7.10. The standard InChI is InChI=1S/C11H8ClF2NS/c12-4-3-11-15-10(6-16-11)7-1-2-8(13)9(14)5-7/h1-2,5-6H,3-4H2. The molecule has 5 heteroatoms. The van der Waals surface area contributed by atoms with E-state index in [0.717, 1.165) is 17.1 Å². The van der Waals surface area contributed by atoms with E-state index in [4.69, 9.17) is 11.6 Å². The molecule has 16 heavy (non-hydrogen) atoms. The van der Waals surface area contributed by atoms with Gasteiger partial charge in [0.15, 0.2) is 11.6 Å². The molecule has 0 aliphatic rings. The Labute approximate surface area is 101 Å². The third-order valence-electron chi connectivity index (χ3n) is 2.08. The zero-order valence-corrected chi connectivity index (χ0v) is 9.79. The smallest absolute Gasteiger partial charge is 0.159 e. The van der Waals surface area contributed by atoms with Crippen molar-refractivity contribution < 1.29 is 8.78 Å². The van der Waals surface area contributed by atoms with Gasteiger partial charge in [0.1, 0.15) is 0 Å². The molecule has 2 aromatic rings. The molecule has 0 saturated carbocycles. The van der Waals surface area contributed by atoms with E-state index < -0.39 is 11.6 Å². The molecule has 0 aliphatic carbocycles. The van der Waals surface area contributed by atoms with Gasteiger partial charge in [0.2, 0.25) is 0 Å². The predicted octanol–water partition coefficient (Wildman–Crippen LogP) is 3.87. The average molecular weight is 260 g/mol. The largest absolute Gasteiger partial charge is 0.241 e. The molecular formula is C11H8ClF2NS. The van der Waals surface area contributed by atoms with Crippen molar-refractivity contribution in [1.29, 1.82) is 0 Å². The second-order valence-electron chi connectivity index (χ2n) is 3.19. The molecule has 0 amide bonds. The van der Waals surface area contributed by atoms with Crippen molar-refractivity contribution in [3.05, 3.63) is 40.2 Å². The van der Waals surface area contributed by atoms with Crippen molar-refractivity contribution in [2.45, 2.75) is 6.42 Å². The Morgan fingerprint density at radius 3 is 2.75 bits per heavy atom. The average Bonchev–Trinajstić information content (AvgIpc) is 2.71. The number of hydrogen-bond donors (Lipinski definition) is 0. The summed E-state index contributed by atoms with van der Waals surface area (Å²) in [5.74, 6) is -1.20. The number of aromatic nitrogens is 1. The van der Waals surface area contributed by atoms with E-state index in [1.165, 1.54) is 17.4 Å². The summed E-state index contributed by atoms with van der Waals surface area (Å²) in [4.78, 5) is 4.29. The van der Waals surface area contributed by atoms with Gasteiger partial charge in [0.05, 0.1) is 10.7 Å². The van der Waals surface area contributed by atoms with E-state index in [1.54, 1.807) is 0 Å². The number of hydrogen-bond acceptors (Lipinski definition) is 2. The van der Waals surface area contributed by atoms with Gasteiger partial charge in [-0.15, -0.1) is 22.9 Å². The van der Waals surface area contributed by atoms with E-state index in [1.807, 2.05) is 5.38 Å². The maximum Gasteiger partial charge on any atom is 0.159 e. The molecule has 2 rings (SSSR count). The van der Waals surface area contributed by atoms with Crippen LogP contribution in [0.3, 0.4) is 0 Å². The fourth-order valence-electron chi connectivity index (χ4n) is 1.29. The molecule has 1 aromatic carbocycles. The number of halogens is 3. The molecule has 1 nitrogen and oxygen atoms in total. The Morgan fingerprint density at radius 2 is 2.06 bits per heavy atom. The van der Waals surface area contributed by atoms with Crippen molar-refractivity contribution in [3.8, 4) is 11.3 Å². The van der Waals surface area contributed by atoms with Crippen LogP contribution >= 0.6 is 22.9 Å². The topological polar surface area (TPSA) is 12.9 Å². The van der Waals surface area contributed by atoms with Gasteiger partial charge in [-0.25, -0.2) is 13.8 Å². The molecule has 0 N–H and O–H groups in total. The van der Waals surface area contributed by atoms with Crippen LogP contribution in [-0.4, -0.2) is 10.9 Å². The number of nitrogens with zero attached hydrogens (tertiary/aromatic N) is 1. The van der Waals surface area contributed by atoms with Gasteiger partial charge in [0, 0.05) is 23.2 Å². The van der Waals surface area contributed by atoms with Crippen LogP contribution in [-0.2, 0) is 6.42 Å². The molecule has 1 heterocycles. The van der Waals surface area contributed by atoms with Crippen LogP contribution < -0.4 is 0 Å². The molecule has 1 aromatic heterocycles. The summed E-state index contributed by atoms with van der Waals surface area (Å²) in [7, 11) is 0. The normalized spacial score (nSPS) is 10.7. The first-order valence-corrected chi connectivity index (χ1v) is 6.08. The first kappa shape index (κ1) is 11.5. The van der Waals surface area contributed by atoms with Crippen molar-refractivity contribution >= 4 is 22.9 Å². The summed E-state index contributed by atoms with van der Waals surface area (Å²) in [6.45, 7) is 0. The first-order valence-electron chi connectivity index (χ1n) is 4.66. The minimum atomic E-state index is -0.857. The molecule has 0 saturated heterocycles. The summed E-state index contributed by atoms with van der Waals surface area (Å²) < 4.78 is 25.7. The highest BCUT2D eigenvalue weighted by Crippen LogP contribution is 2.23. The second kappa shape index (κ2) is 4.89. The Kier molecular flexibility index (Phi) is 3.51. The van der Waals surface area contributed by atoms with Crippen LogP contribution in [0.1, 0.15) is 5.01 Å². The van der Waals surface area contributed by atoms with Crippen molar-refractivity contribution in [2.24, 2.45) is 0 Å². The minimum absolute atomic E-state index is 0.505. The monoisotopic (exact) mass is 259 g/mol. The highest BCUT2D eigenvalue weighted by Gasteiger charge is 2.07. The number of benzene rings is 1. The van der Waals surface area contributed by atoms with Crippen LogP contribution in [0.25, 0.3) is 11.3 Å². The molecule has 84 valence electrons. The number of aryl methyl sites for hydroxylation is 1. The molecule has 0 unspecified atom stereocenters. The third-order valence-corrected chi connectivity index (χ3v) is 3.17. The van der Waals surface area contributed by atoms with Crippen molar-refractivity contribution in [1.82, 2.24) is 4.98 Å². The van der Waals surface area contributed by atoms with Crippen LogP contribution in [0.5, 0.6) is 0 Å². The number of rotatable bonds is 3. The molecule has 0 bridgehead atoms. The second-order valence-corrected chi connectivity index (χ2v) is 4.51. The summed E-state index contributed by atoms with van der Waals surface area (Å²) in [6, 6.07) is 3.76. The lowest BCUT2D eigenvalue weighted by atomic mass is 10.2. The van der Waals surface area contributed by atoms with Gasteiger partial charge in [0.25, 0.3) is 0 Å². The van der Waals surface area contributed by atoms with Crippen LogP contribution in [0.2, 0.25) is 0 Å². The molecule has 0 radical (unpaired) electrons. The predicted molar refractivity (Wildman–Crippen MR) is 61.9 cm³/mol. The maximum absolute atomic E-state index is 13.0. The maximum atomic E-state index is 13.0. The van der Waals surface area contributed by atoms with Gasteiger partial charge >= 0.3 is 0 Å². The zero-order valence-electron chi connectivity index (χ0n) is 8.21. The van der Waals surface area contributed by atoms with E-state index in [-0.39, 0.29) is 0 Å². The summed E-state index contributed by atoms with van der Waals surface area (Å²) in [5, 5.41) is 2.71. The van der Waals surface area contributed by atoms with Crippen molar-refractivity contribution in [2.75, 3.05) is 5.88 Å². The highest BCUT2D eigenvalue weighted by atomic mass is 35.5. The lowest BCUT2D eigenvalue weighted by Crippen LogP contribution is -1.87. The van der Waals surface area contributed by atoms with Crippen LogP contribution in [0.15, 0.2) is 23.6 Å². The Morgan fingerprint density at radius 1 is 1.25 bits per heavy atom.